The Morgan fingerprint density at radius 3 is 2.94 bits per heavy atom. The van der Waals surface area contributed by atoms with Gasteiger partial charge in [0.1, 0.15) is 10.8 Å². The van der Waals surface area contributed by atoms with E-state index in [0.29, 0.717) is 17.8 Å². The van der Waals surface area contributed by atoms with E-state index in [4.69, 9.17) is 18.0 Å². The summed E-state index contributed by atoms with van der Waals surface area (Å²) >= 11 is 6.38. The Hall–Kier alpha value is -1.53. The first kappa shape index (κ1) is 12.9. The van der Waals surface area contributed by atoms with Gasteiger partial charge in [0.2, 0.25) is 0 Å². The Morgan fingerprint density at radius 1 is 1.50 bits per heavy atom. The van der Waals surface area contributed by atoms with E-state index in [2.05, 4.69) is 10.3 Å². The molecule has 94 valence electrons. The summed E-state index contributed by atoms with van der Waals surface area (Å²) in [5.74, 6) is -0.348. The fourth-order valence-electron chi connectivity index (χ4n) is 1.49. The molecule has 2 aromatic rings. The van der Waals surface area contributed by atoms with Crippen LogP contribution in [-0.2, 0) is 6.42 Å². The maximum Gasteiger partial charge on any atom is 0.146 e. The number of benzene rings is 1. The molecule has 0 atom stereocenters. The second-order valence-electron chi connectivity index (χ2n) is 3.66. The molecule has 1 aromatic heterocycles. The van der Waals surface area contributed by atoms with Crippen molar-refractivity contribution in [2.75, 3.05) is 11.9 Å². The van der Waals surface area contributed by atoms with Crippen molar-refractivity contribution in [2.45, 2.75) is 6.42 Å². The van der Waals surface area contributed by atoms with E-state index >= 15 is 0 Å². The molecule has 2 rings (SSSR count). The first-order valence-electron chi connectivity index (χ1n) is 5.38. The molecular formula is C12H12FN3S2. The molecule has 0 spiro atoms. The third kappa shape index (κ3) is 3.24. The van der Waals surface area contributed by atoms with E-state index < -0.39 is 0 Å². The lowest BCUT2D eigenvalue weighted by Crippen LogP contribution is -2.11. The van der Waals surface area contributed by atoms with Crippen LogP contribution >= 0.6 is 23.6 Å². The normalized spacial score (nSPS) is 10.3. The highest BCUT2D eigenvalue weighted by Crippen LogP contribution is 2.16. The van der Waals surface area contributed by atoms with E-state index in [1.165, 1.54) is 6.07 Å². The number of aromatic nitrogens is 1. The molecule has 0 aliphatic heterocycles. The van der Waals surface area contributed by atoms with Crippen LogP contribution in [0.5, 0.6) is 0 Å². The fraction of sp³-hybridized carbons (Fsp3) is 0.167. The van der Waals surface area contributed by atoms with Crippen LogP contribution in [0.3, 0.4) is 0 Å². The lowest BCUT2D eigenvalue weighted by molar-refractivity contribution is 0.630. The minimum Gasteiger partial charge on any atom is -0.389 e. The number of rotatable bonds is 5. The molecule has 3 N–H and O–H groups in total. The number of nitrogens with two attached hydrogens (primary N) is 1. The topological polar surface area (TPSA) is 50.9 Å². The molecule has 6 heteroatoms. The third-order valence-electron chi connectivity index (χ3n) is 2.39. The average Bonchev–Trinajstić information content (AvgIpc) is 2.84. The summed E-state index contributed by atoms with van der Waals surface area (Å²) in [5, 5.41) is 5.98. The first-order valence-corrected chi connectivity index (χ1v) is 6.67. The third-order valence-corrected chi connectivity index (χ3v) is 3.47. The van der Waals surface area contributed by atoms with E-state index in [1.807, 2.05) is 5.38 Å². The Balaban J connectivity index is 1.95. The van der Waals surface area contributed by atoms with Gasteiger partial charge in [0, 0.05) is 30.1 Å². The number of anilines is 1. The molecule has 0 bridgehead atoms. The van der Waals surface area contributed by atoms with Gasteiger partial charge in [-0.25, -0.2) is 9.37 Å². The van der Waals surface area contributed by atoms with Gasteiger partial charge in [-0.2, -0.15) is 0 Å². The Labute approximate surface area is 114 Å². The van der Waals surface area contributed by atoms with Crippen molar-refractivity contribution in [3.05, 3.63) is 46.2 Å². The summed E-state index contributed by atoms with van der Waals surface area (Å²) < 4.78 is 13.7. The van der Waals surface area contributed by atoms with Gasteiger partial charge in [-0.3, -0.25) is 0 Å². The maximum atomic E-state index is 13.7. The van der Waals surface area contributed by atoms with E-state index in [-0.39, 0.29) is 10.8 Å². The van der Waals surface area contributed by atoms with Gasteiger partial charge >= 0.3 is 0 Å². The van der Waals surface area contributed by atoms with Gasteiger partial charge in [-0.1, -0.05) is 12.2 Å². The molecule has 1 heterocycles. The molecule has 0 saturated carbocycles. The molecule has 0 aliphatic rings. The quantitative estimate of drug-likeness (QED) is 0.827. The Morgan fingerprint density at radius 2 is 2.33 bits per heavy atom. The van der Waals surface area contributed by atoms with Crippen LogP contribution in [0.25, 0.3) is 0 Å². The molecule has 0 saturated heterocycles. The summed E-state index contributed by atoms with van der Waals surface area (Å²) in [6.45, 7) is 0.636. The smallest absolute Gasteiger partial charge is 0.146 e. The van der Waals surface area contributed by atoms with Crippen molar-refractivity contribution in [1.29, 1.82) is 0 Å². The van der Waals surface area contributed by atoms with E-state index in [0.717, 1.165) is 11.4 Å². The van der Waals surface area contributed by atoms with Gasteiger partial charge in [-0.15, -0.1) is 11.3 Å². The van der Waals surface area contributed by atoms with Crippen molar-refractivity contribution in [2.24, 2.45) is 5.73 Å². The number of thiazole rings is 1. The standard InChI is InChI=1S/C12H12FN3S2/c13-9-7-8(12(14)17)1-2-10(9)15-4-3-11-16-5-6-18-11/h1-2,5-7,15H,3-4H2,(H2,14,17). The molecule has 1 aromatic carbocycles. The monoisotopic (exact) mass is 281 g/mol. The fourth-order valence-corrected chi connectivity index (χ4v) is 2.24. The van der Waals surface area contributed by atoms with Crippen LogP contribution in [-0.4, -0.2) is 16.5 Å². The van der Waals surface area contributed by atoms with Crippen molar-refractivity contribution in [1.82, 2.24) is 4.98 Å². The Kier molecular flexibility index (Phi) is 4.22. The van der Waals surface area contributed by atoms with Crippen LogP contribution in [0.1, 0.15) is 10.6 Å². The minimum absolute atomic E-state index is 0.197. The zero-order valence-electron chi connectivity index (χ0n) is 9.52. The number of hydrogen-bond donors (Lipinski definition) is 2. The predicted molar refractivity (Wildman–Crippen MR) is 76.6 cm³/mol. The van der Waals surface area contributed by atoms with Crippen molar-refractivity contribution in [3.63, 3.8) is 0 Å². The summed E-state index contributed by atoms with van der Waals surface area (Å²) in [5.41, 5.74) is 6.42. The van der Waals surface area contributed by atoms with Crippen molar-refractivity contribution >= 4 is 34.2 Å². The Bertz CT molecular complexity index is 540. The highest BCUT2D eigenvalue weighted by Gasteiger charge is 2.05. The van der Waals surface area contributed by atoms with Crippen LogP contribution in [0.4, 0.5) is 10.1 Å². The van der Waals surface area contributed by atoms with Crippen LogP contribution in [0.2, 0.25) is 0 Å². The van der Waals surface area contributed by atoms with Crippen LogP contribution in [0, 0.1) is 5.82 Å². The van der Waals surface area contributed by atoms with Crippen molar-refractivity contribution < 1.29 is 4.39 Å². The summed E-state index contributed by atoms with van der Waals surface area (Å²) in [7, 11) is 0. The maximum absolute atomic E-state index is 13.7. The van der Waals surface area contributed by atoms with Gasteiger partial charge in [0.05, 0.1) is 10.7 Å². The SMILES string of the molecule is NC(=S)c1ccc(NCCc2nccs2)c(F)c1. The summed E-state index contributed by atoms with van der Waals surface area (Å²) in [4.78, 5) is 4.36. The first-order chi connectivity index (χ1) is 8.66. The molecule has 0 radical (unpaired) electrons. The number of nitrogens with zero attached hydrogens (tertiary/aromatic N) is 1. The van der Waals surface area contributed by atoms with Crippen LogP contribution in [0.15, 0.2) is 29.8 Å². The molecule has 0 unspecified atom stereocenters. The molecule has 0 fully saturated rings. The van der Waals surface area contributed by atoms with E-state index in [9.17, 15) is 4.39 Å². The molecule has 0 amide bonds. The lowest BCUT2D eigenvalue weighted by Gasteiger charge is -2.07. The second kappa shape index (κ2) is 5.88. The van der Waals surface area contributed by atoms with Gasteiger partial charge in [0.15, 0.2) is 0 Å². The number of halogens is 1. The lowest BCUT2D eigenvalue weighted by atomic mass is 10.2. The number of thiocarbonyl (C=S) groups is 1. The molecule has 18 heavy (non-hydrogen) atoms. The molecule has 0 aliphatic carbocycles. The molecular weight excluding hydrogens is 269 g/mol. The minimum atomic E-state index is -0.348. The number of nitrogens with one attached hydrogen (secondary N) is 1. The highest BCUT2D eigenvalue weighted by atomic mass is 32.1. The molecule has 3 nitrogen and oxygen atoms in total. The van der Waals surface area contributed by atoms with Gasteiger partial charge in [-0.05, 0) is 18.2 Å². The number of hydrogen-bond acceptors (Lipinski definition) is 4. The second-order valence-corrected chi connectivity index (χ2v) is 5.08. The average molecular weight is 281 g/mol. The highest BCUT2D eigenvalue weighted by molar-refractivity contribution is 7.80. The van der Waals surface area contributed by atoms with Gasteiger partial charge in [0.25, 0.3) is 0 Å². The van der Waals surface area contributed by atoms with E-state index in [1.54, 1.807) is 29.7 Å². The summed E-state index contributed by atoms with van der Waals surface area (Å²) in [6.07, 6.45) is 2.53. The van der Waals surface area contributed by atoms with Crippen molar-refractivity contribution in [3.8, 4) is 0 Å². The summed E-state index contributed by atoms with van der Waals surface area (Å²) in [6, 6.07) is 4.69. The van der Waals surface area contributed by atoms with Crippen LogP contribution < -0.4 is 11.1 Å². The van der Waals surface area contributed by atoms with Gasteiger partial charge < -0.3 is 11.1 Å². The zero-order chi connectivity index (χ0) is 13.0. The predicted octanol–water partition coefficient (Wildman–Crippen LogP) is 2.57. The zero-order valence-corrected chi connectivity index (χ0v) is 11.2. The largest absolute Gasteiger partial charge is 0.389 e.